The molecule has 0 aliphatic carbocycles. The van der Waals surface area contributed by atoms with Crippen molar-refractivity contribution in [3.05, 3.63) is 0 Å². The minimum Gasteiger partial charge on any atom is -0.481 e. The molecule has 3 atom stereocenters. The van der Waals surface area contributed by atoms with Crippen LogP contribution in [0, 0.1) is 11.8 Å². The lowest BCUT2D eigenvalue weighted by Gasteiger charge is -2.33. The van der Waals surface area contributed by atoms with E-state index in [0.29, 0.717) is 18.5 Å². The van der Waals surface area contributed by atoms with E-state index in [1.807, 2.05) is 0 Å². The maximum absolute atomic E-state index is 10.9. The first-order chi connectivity index (χ1) is 6.18. The summed E-state index contributed by atoms with van der Waals surface area (Å²) >= 11 is 0. The number of carbonyl (C=O) groups is 1. The van der Waals surface area contributed by atoms with Crippen LogP contribution in [0.2, 0.25) is 0 Å². The van der Waals surface area contributed by atoms with Crippen molar-refractivity contribution >= 4 is 5.97 Å². The SMILES string of the molecule is CN1CCC2C(C1)NCC2C(=O)O. The Kier molecular flexibility index (Phi) is 2.26. The zero-order valence-electron chi connectivity index (χ0n) is 7.86. The van der Waals surface area contributed by atoms with Crippen LogP contribution in [0.3, 0.4) is 0 Å². The molecule has 2 fully saturated rings. The standard InChI is InChI=1S/C9H16N2O2/c1-11-3-2-6-7(9(12)13)4-10-8(6)5-11/h6-8,10H,2-5H2,1H3,(H,12,13). The number of fused-ring (bicyclic) bond motifs is 1. The highest BCUT2D eigenvalue weighted by atomic mass is 16.4. The third kappa shape index (κ3) is 1.56. The monoisotopic (exact) mass is 184 g/mol. The van der Waals surface area contributed by atoms with Crippen LogP contribution < -0.4 is 5.32 Å². The molecule has 0 amide bonds. The molecule has 0 spiro atoms. The number of hydrogen-bond donors (Lipinski definition) is 2. The number of aliphatic carboxylic acids is 1. The molecule has 3 unspecified atom stereocenters. The third-order valence-electron chi connectivity index (χ3n) is 3.30. The fourth-order valence-electron chi connectivity index (χ4n) is 2.53. The van der Waals surface area contributed by atoms with E-state index in [4.69, 9.17) is 5.11 Å². The molecule has 0 bridgehead atoms. The summed E-state index contributed by atoms with van der Waals surface area (Å²) in [6, 6.07) is 0.403. The van der Waals surface area contributed by atoms with Crippen LogP contribution in [0.1, 0.15) is 6.42 Å². The van der Waals surface area contributed by atoms with Crippen LogP contribution in [-0.2, 0) is 4.79 Å². The predicted molar refractivity (Wildman–Crippen MR) is 48.5 cm³/mol. The number of carboxylic acids is 1. The van der Waals surface area contributed by atoms with Crippen molar-refractivity contribution in [3.8, 4) is 0 Å². The van der Waals surface area contributed by atoms with Crippen LogP contribution in [0.25, 0.3) is 0 Å². The number of rotatable bonds is 1. The second-order valence-corrected chi connectivity index (χ2v) is 4.17. The zero-order valence-corrected chi connectivity index (χ0v) is 7.86. The van der Waals surface area contributed by atoms with E-state index >= 15 is 0 Å². The molecule has 2 rings (SSSR count). The maximum Gasteiger partial charge on any atom is 0.308 e. The van der Waals surface area contributed by atoms with E-state index in [9.17, 15) is 4.79 Å². The van der Waals surface area contributed by atoms with Gasteiger partial charge in [-0.25, -0.2) is 0 Å². The quantitative estimate of drug-likeness (QED) is 0.583. The predicted octanol–water partition coefficient (Wildman–Crippen LogP) is -0.389. The van der Waals surface area contributed by atoms with Gasteiger partial charge in [0.2, 0.25) is 0 Å². The molecule has 2 aliphatic rings. The summed E-state index contributed by atoms with van der Waals surface area (Å²) in [7, 11) is 2.09. The first kappa shape index (κ1) is 8.97. The van der Waals surface area contributed by atoms with E-state index < -0.39 is 5.97 Å². The largest absolute Gasteiger partial charge is 0.481 e. The number of piperidine rings is 1. The fourth-order valence-corrected chi connectivity index (χ4v) is 2.53. The molecule has 0 saturated carbocycles. The van der Waals surface area contributed by atoms with E-state index in [1.54, 1.807) is 0 Å². The van der Waals surface area contributed by atoms with Crippen molar-refractivity contribution in [3.63, 3.8) is 0 Å². The molecule has 2 heterocycles. The van der Waals surface area contributed by atoms with Gasteiger partial charge in [-0.3, -0.25) is 4.79 Å². The van der Waals surface area contributed by atoms with Crippen LogP contribution in [0.5, 0.6) is 0 Å². The number of likely N-dealkylation sites (N-methyl/N-ethyl adjacent to an activating group) is 1. The smallest absolute Gasteiger partial charge is 0.308 e. The number of hydrogen-bond acceptors (Lipinski definition) is 3. The Bertz CT molecular complexity index is 220. The van der Waals surface area contributed by atoms with Crippen LogP contribution in [-0.4, -0.2) is 48.7 Å². The lowest BCUT2D eigenvalue weighted by molar-refractivity contribution is -0.142. The second kappa shape index (κ2) is 3.27. The average molecular weight is 184 g/mol. The lowest BCUT2D eigenvalue weighted by Crippen LogP contribution is -2.45. The first-order valence-electron chi connectivity index (χ1n) is 4.83. The van der Waals surface area contributed by atoms with Gasteiger partial charge < -0.3 is 15.3 Å². The Hall–Kier alpha value is -0.610. The molecule has 13 heavy (non-hydrogen) atoms. The minimum absolute atomic E-state index is 0.154. The van der Waals surface area contributed by atoms with E-state index in [0.717, 1.165) is 19.5 Å². The highest BCUT2D eigenvalue weighted by molar-refractivity contribution is 5.71. The molecule has 0 radical (unpaired) electrons. The second-order valence-electron chi connectivity index (χ2n) is 4.17. The number of nitrogens with zero attached hydrogens (tertiary/aromatic N) is 1. The van der Waals surface area contributed by atoms with E-state index in [-0.39, 0.29) is 5.92 Å². The van der Waals surface area contributed by atoms with Gasteiger partial charge in [0.25, 0.3) is 0 Å². The first-order valence-corrected chi connectivity index (χ1v) is 4.83. The maximum atomic E-state index is 10.9. The molecule has 0 aromatic heterocycles. The Morgan fingerprint density at radius 1 is 1.62 bits per heavy atom. The highest BCUT2D eigenvalue weighted by Gasteiger charge is 2.42. The number of nitrogens with one attached hydrogen (secondary N) is 1. The van der Waals surface area contributed by atoms with Gasteiger partial charge in [-0.2, -0.15) is 0 Å². The Morgan fingerprint density at radius 3 is 3.08 bits per heavy atom. The Morgan fingerprint density at radius 2 is 2.38 bits per heavy atom. The summed E-state index contributed by atoms with van der Waals surface area (Å²) in [6.45, 7) is 2.68. The van der Waals surface area contributed by atoms with Crippen LogP contribution >= 0.6 is 0 Å². The molecule has 0 aromatic carbocycles. The fraction of sp³-hybridized carbons (Fsp3) is 0.889. The molecule has 2 aliphatic heterocycles. The third-order valence-corrected chi connectivity index (χ3v) is 3.30. The van der Waals surface area contributed by atoms with Crippen molar-refractivity contribution in [2.75, 3.05) is 26.7 Å². The molecular weight excluding hydrogens is 168 g/mol. The molecule has 2 N–H and O–H groups in total. The number of likely N-dealkylation sites (tertiary alicyclic amines) is 1. The van der Waals surface area contributed by atoms with Crippen molar-refractivity contribution in [2.45, 2.75) is 12.5 Å². The van der Waals surface area contributed by atoms with Gasteiger partial charge in [0.15, 0.2) is 0 Å². The molecule has 4 heteroatoms. The molecule has 4 nitrogen and oxygen atoms in total. The average Bonchev–Trinajstić information content (AvgIpc) is 2.46. The van der Waals surface area contributed by atoms with Crippen LogP contribution in [0.15, 0.2) is 0 Å². The molecule has 0 aromatic rings. The van der Waals surface area contributed by atoms with Crippen LogP contribution in [0.4, 0.5) is 0 Å². The van der Waals surface area contributed by atoms with Gasteiger partial charge in [-0.05, 0) is 25.9 Å². The normalized spacial score (nSPS) is 40.2. The molecule has 74 valence electrons. The van der Waals surface area contributed by atoms with Gasteiger partial charge in [-0.1, -0.05) is 0 Å². The van der Waals surface area contributed by atoms with E-state index in [2.05, 4.69) is 17.3 Å². The Balaban J connectivity index is 2.04. The highest BCUT2D eigenvalue weighted by Crippen LogP contribution is 2.29. The zero-order chi connectivity index (χ0) is 9.42. The van der Waals surface area contributed by atoms with Gasteiger partial charge >= 0.3 is 5.97 Å². The van der Waals surface area contributed by atoms with Gasteiger partial charge in [0.05, 0.1) is 5.92 Å². The molecule has 2 saturated heterocycles. The van der Waals surface area contributed by atoms with Gasteiger partial charge in [-0.15, -0.1) is 0 Å². The van der Waals surface area contributed by atoms with Crippen molar-refractivity contribution in [1.82, 2.24) is 10.2 Å². The molecular formula is C9H16N2O2. The summed E-state index contributed by atoms with van der Waals surface area (Å²) in [5, 5.41) is 12.3. The summed E-state index contributed by atoms with van der Waals surface area (Å²) < 4.78 is 0. The summed E-state index contributed by atoms with van der Waals surface area (Å²) in [4.78, 5) is 13.1. The number of carboxylic acid groups (broad SMARTS) is 1. The lowest BCUT2D eigenvalue weighted by atomic mass is 9.85. The minimum atomic E-state index is -0.635. The van der Waals surface area contributed by atoms with E-state index in [1.165, 1.54) is 0 Å². The van der Waals surface area contributed by atoms with Gasteiger partial charge in [0, 0.05) is 19.1 Å². The summed E-state index contributed by atoms with van der Waals surface area (Å²) in [5.74, 6) is -0.433. The van der Waals surface area contributed by atoms with Crippen molar-refractivity contribution < 1.29 is 9.90 Å². The van der Waals surface area contributed by atoms with Crippen molar-refractivity contribution in [2.24, 2.45) is 11.8 Å². The topological polar surface area (TPSA) is 52.6 Å². The van der Waals surface area contributed by atoms with Crippen molar-refractivity contribution in [1.29, 1.82) is 0 Å². The van der Waals surface area contributed by atoms with Gasteiger partial charge in [0.1, 0.15) is 0 Å². The summed E-state index contributed by atoms with van der Waals surface area (Å²) in [5.41, 5.74) is 0. The summed E-state index contributed by atoms with van der Waals surface area (Å²) in [6.07, 6.45) is 1.02. The Labute approximate surface area is 77.9 Å².